The van der Waals surface area contributed by atoms with Crippen molar-refractivity contribution in [1.82, 2.24) is 0 Å². The van der Waals surface area contributed by atoms with Gasteiger partial charge in [0.2, 0.25) is 0 Å². The summed E-state index contributed by atoms with van der Waals surface area (Å²) in [6.45, 7) is 0. The van der Waals surface area contributed by atoms with E-state index in [0.29, 0.717) is 0 Å². The summed E-state index contributed by atoms with van der Waals surface area (Å²) in [6, 6.07) is -20.8. The average Bonchev–Trinajstić information content (AvgIpc) is 3.26. The molecular weight excluding hydrogens is 480 g/mol. The minimum Gasteiger partial charge on any atom is -0.0616 e. The molecular formula is C40H26. The maximum Gasteiger partial charge on any atom is 0.0636 e. The van der Waals surface area contributed by atoms with Crippen LogP contribution in [-0.2, 0) is 0 Å². The molecule has 0 saturated carbocycles. The smallest absolute Gasteiger partial charge is 0.0616 e. The zero-order valence-electron chi connectivity index (χ0n) is 45.1. The predicted molar refractivity (Wildman–Crippen MR) is 173 cm³/mol. The van der Waals surface area contributed by atoms with Gasteiger partial charge < -0.3 is 0 Å². The summed E-state index contributed by atoms with van der Waals surface area (Å²) in [5, 5.41) is -4.81. The fraction of sp³-hybridized carbons (Fsp3) is 0. The molecule has 0 N–H and O–H groups in total. The number of rotatable bonds is 3. The lowest BCUT2D eigenvalue weighted by molar-refractivity contribution is 1.63. The molecule has 0 spiro atoms. The van der Waals surface area contributed by atoms with Crippen LogP contribution in [0.2, 0.25) is 0 Å². The molecule has 0 heteroatoms. The van der Waals surface area contributed by atoms with E-state index in [1.165, 1.54) is 0 Å². The second-order valence-corrected chi connectivity index (χ2v) is 8.56. The molecule has 0 aliphatic rings. The number of hydrogen-bond donors (Lipinski definition) is 0. The van der Waals surface area contributed by atoms with E-state index in [1.54, 1.807) is 0 Å². The Bertz CT molecular complexity index is 3490. The molecule has 0 heterocycles. The molecule has 8 rings (SSSR count). The van der Waals surface area contributed by atoms with E-state index in [9.17, 15) is 13.7 Å². The second kappa shape index (κ2) is 9.22. The average molecular weight is 532 g/mol. The van der Waals surface area contributed by atoms with E-state index in [2.05, 4.69) is 0 Å². The molecule has 0 bridgehead atoms. The first-order valence-corrected chi connectivity index (χ1v) is 11.8. The predicted octanol–water partition coefficient (Wildman–Crippen LogP) is 11.3. The Morgan fingerprint density at radius 1 is 0.325 bits per heavy atom. The van der Waals surface area contributed by atoms with Crippen LogP contribution in [0.4, 0.5) is 0 Å². The molecule has 186 valence electrons. The third-order valence-corrected chi connectivity index (χ3v) is 6.36. The fourth-order valence-electron chi connectivity index (χ4n) is 4.64. The summed E-state index contributed by atoms with van der Waals surface area (Å²) < 4.78 is 222. The number of hydrogen-bond acceptors (Lipinski definition) is 0. The Kier molecular flexibility index (Phi) is 2.05. The van der Waals surface area contributed by atoms with Crippen LogP contribution in [0.15, 0.2) is 157 Å². The van der Waals surface area contributed by atoms with Gasteiger partial charge in [-0.3, -0.25) is 0 Å². The van der Waals surface area contributed by atoms with Gasteiger partial charge in [0.15, 0.2) is 0 Å². The fourth-order valence-corrected chi connectivity index (χ4v) is 4.64. The molecule has 0 aliphatic carbocycles. The molecule has 40 heavy (non-hydrogen) atoms. The van der Waals surface area contributed by atoms with Gasteiger partial charge in [0, 0.05) is 0 Å². The lowest BCUT2D eigenvalue weighted by Crippen LogP contribution is -1.91. The highest BCUT2D eigenvalue weighted by atomic mass is 14.2. The summed E-state index contributed by atoms with van der Waals surface area (Å²) in [5.74, 6) is 0. The van der Waals surface area contributed by atoms with Gasteiger partial charge in [0.05, 0.1) is 34.3 Å². The Morgan fingerprint density at radius 2 is 0.850 bits per heavy atom. The van der Waals surface area contributed by atoms with Gasteiger partial charge in [-0.15, -0.1) is 0 Å². The first kappa shape index (κ1) is 8.91. The van der Waals surface area contributed by atoms with Crippen LogP contribution in [0.1, 0.15) is 34.3 Å². The van der Waals surface area contributed by atoms with Gasteiger partial charge in [0.25, 0.3) is 0 Å². The Hall–Kier alpha value is -5.20. The zero-order chi connectivity index (χ0) is 48.2. The molecule has 0 aromatic heterocycles. The second-order valence-electron chi connectivity index (χ2n) is 8.56. The quantitative estimate of drug-likeness (QED) is 0.199. The summed E-state index contributed by atoms with van der Waals surface area (Å²) in [6.07, 6.45) is 0. The molecule has 0 nitrogen and oxygen atoms in total. The maximum atomic E-state index is 9.45. The van der Waals surface area contributed by atoms with Crippen LogP contribution in [0.5, 0.6) is 0 Å². The highest BCUT2D eigenvalue weighted by Gasteiger charge is 2.17. The van der Waals surface area contributed by atoms with Gasteiger partial charge in [-0.25, -0.2) is 0 Å². The normalized spacial score (nSPS) is 20.2. The first-order valence-electron chi connectivity index (χ1n) is 24.3. The SMILES string of the molecule is [2H]c1cc([2H])c2c(-c3c([2H])c([2H])c(-c4c5c([2H])c([2H])c([2H])c([2H])c5c(-c5c([2H])c([2H])c6c([2H])c([2H])c([2H])c([2H])c6c5[2H])c5c([2H])c([2H])c([2H])c([2H])c45)c([2H])c3[2H])c([2H])c([2H])c([2H])c2c1[2H]. The van der Waals surface area contributed by atoms with Crippen LogP contribution >= 0.6 is 0 Å². The van der Waals surface area contributed by atoms with E-state index in [4.69, 9.17) is 20.6 Å². The van der Waals surface area contributed by atoms with Crippen LogP contribution in [0, 0.1) is 0 Å². The first-order chi connectivity index (χ1) is 30.3. The van der Waals surface area contributed by atoms with Crippen molar-refractivity contribution in [3.8, 4) is 33.4 Å². The van der Waals surface area contributed by atoms with Gasteiger partial charge in [0.1, 0.15) is 0 Å². The monoisotopic (exact) mass is 531 g/mol. The summed E-state index contributed by atoms with van der Waals surface area (Å²) in [7, 11) is 0. The van der Waals surface area contributed by atoms with Gasteiger partial charge in [-0.1, -0.05) is 151 Å². The van der Waals surface area contributed by atoms with Crippen molar-refractivity contribution in [2.75, 3.05) is 0 Å². The van der Waals surface area contributed by atoms with Crippen molar-refractivity contribution in [3.63, 3.8) is 0 Å². The van der Waals surface area contributed by atoms with E-state index in [1.807, 2.05) is 0 Å². The number of benzene rings is 8. The third kappa shape index (κ3) is 3.61. The summed E-state index contributed by atoms with van der Waals surface area (Å²) in [5.41, 5.74) is -4.23. The van der Waals surface area contributed by atoms with E-state index < -0.39 is 228 Å². The maximum absolute atomic E-state index is 9.45. The van der Waals surface area contributed by atoms with E-state index in [-0.39, 0.29) is 0 Å². The van der Waals surface area contributed by atoms with Crippen molar-refractivity contribution in [2.24, 2.45) is 0 Å². The molecule has 8 aromatic carbocycles. The highest BCUT2D eigenvalue weighted by molar-refractivity contribution is 6.21. The van der Waals surface area contributed by atoms with Gasteiger partial charge in [-0.05, 0) is 82.5 Å². The lowest BCUT2D eigenvalue weighted by atomic mass is 9.85. The van der Waals surface area contributed by atoms with Crippen LogP contribution in [0.25, 0.3) is 76.5 Å². The lowest BCUT2D eigenvalue weighted by Gasteiger charge is -2.18. The van der Waals surface area contributed by atoms with Crippen LogP contribution < -0.4 is 0 Å². The molecule has 0 fully saturated rings. The molecule has 0 unspecified atom stereocenters. The van der Waals surface area contributed by atoms with Crippen molar-refractivity contribution in [2.45, 2.75) is 0 Å². The number of fused-ring (bicyclic) bond motifs is 4. The standard InChI is InChI=1S/C40H26/c1-2-12-31-26-32(25-20-27(31)10-1)40-37-17-7-5-15-35(37)39(36-16-6-8-18-38(36)40)30-23-21-29(22-24-30)34-19-9-13-28-11-3-4-14-33(28)34/h1-26H/i1D,2D,3D,5D,6D,7D,8D,9D,10D,11D,12D,13D,14D,15D,16D,17D,18D,19D,20D,21D,22D,23D,24D,25D,26D. The molecule has 0 radical (unpaired) electrons. The summed E-state index contributed by atoms with van der Waals surface area (Å²) in [4.78, 5) is 0. The molecule has 0 aliphatic heterocycles. The molecule has 0 amide bonds. The van der Waals surface area contributed by atoms with Crippen molar-refractivity contribution in [1.29, 1.82) is 0 Å². The van der Waals surface area contributed by atoms with E-state index in [0.717, 1.165) is 6.07 Å². The molecule has 0 atom stereocenters. The summed E-state index contributed by atoms with van der Waals surface area (Å²) >= 11 is 0. The minimum atomic E-state index is -1.03. The third-order valence-electron chi connectivity index (χ3n) is 6.36. The van der Waals surface area contributed by atoms with Gasteiger partial charge >= 0.3 is 0 Å². The van der Waals surface area contributed by atoms with Crippen molar-refractivity contribution in [3.05, 3.63) is 157 Å². The van der Waals surface area contributed by atoms with Crippen molar-refractivity contribution >= 4 is 43.1 Å². The van der Waals surface area contributed by atoms with Gasteiger partial charge in [-0.2, -0.15) is 0 Å². The molecule has 8 aromatic rings. The topological polar surface area (TPSA) is 0 Å². The van der Waals surface area contributed by atoms with Crippen LogP contribution in [0.3, 0.4) is 0 Å². The molecule has 0 saturated heterocycles. The highest BCUT2D eigenvalue weighted by Crippen LogP contribution is 2.44. The Labute approximate surface area is 268 Å². The van der Waals surface area contributed by atoms with E-state index >= 15 is 0 Å². The van der Waals surface area contributed by atoms with Crippen LogP contribution in [-0.4, -0.2) is 0 Å². The Morgan fingerprint density at radius 3 is 1.55 bits per heavy atom. The zero-order valence-corrected chi connectivity index (χ0v) is 20.1. The minimum absolute atomic E-state index is 0.416. The van der Waals surface area contributed by atoms with Crippen molar-refractivity contribution < 1.29 is 34.3 Å². The Balaban J connectivity index is 1.68. The largest absolute Gasteiger partial charge is 0.0636 e.